The largest absolute Gasteiger partial charge is 0.494 e. The average Bonchev–Trinajstić information content (AvgIpc) is 2.66. The highest BCUT2D eigenvalue weighted by Gasteiger charge is 1.96. The average molecular weight is 338 g/mol. The van der Waals surface area contributed by atoms with Gasteiger partial charge in [0.2, 0.25) is 0 Å². The van der Waals surface area contributed by atoms with Gasteiger partial charge in [0, 0.05) is 6.21 Å². The van der Waals surface area contributed by atoms with Gasteiger partial charge in [-0.15, -0.1) is 0 Å². The van der Waals surface area contributed by atoms with Gasteiger partial charge in [-0.05, 0) is 66.8 Å². The molecule has 0 saturated carbocycles. The Kier molecular flexibility index (Phi) is 8.82. The summed E-state index contributed by atoms with van der Waals surface area (Å²) in [4.78, 5) is 4.56. The lowest BCUT2D eigenvalue weighted by Gasteiger charge is -2.04. The highest BCUT2D eigenvalue weighted by atomic mass is 16.5. The molecule has 0 amide bonds. The van der Waals surface area contributed by atoms with Crippen LogP contribution in [0.2, 0.25) is 0 Å². The SMILES string of the molecule is CCCCCCCc1ccc(N=Cc2ccc(OCCC)cc2)cc1. The van der Waals surface area contributed by atoms with Crippen molar-refractivity contribution in [2.24, 2.45) is 4.99 Å². The van der Waals surface area contributed by atoms with Gasteiger partial charge in [-0.1, -0.05) is 51.7 Å². The first-order valence-electron chi connectivity index (χ1n) is 9.67. The molecule has 2 nitrogen and oxygen atoms in total. The zero-order valence-electron chi connectivity index (χ0n) is 15.7. The molecular weight excluding hydrogens is 306 g/mol. The maximum Gasteiger partial charge on any atom is 0.119 e. The van der Waals surface area contributed by atoms with Crippen molar-refractivity contribution in [1.82, 2.24) is 0 Å². The molecule has 0 aliphatic heterocycles. The number of unbranched alkanes of at least 4 members (excludes halogenated alkanes) is 4. The minimum Gasteiger partial charge on any atom is -0.494 e. The van der Waals surface area contributed by atoms with Crippen molar-refractivity contribution in [3.8, 4) is 5.75 Å². The monoisotopic (exact) mass is 337 g/mol. The van der Waals surface area contributed by atoms with Gasteiger partial charge in [-0.3, -0.25) is 4.99 Å². The topological polar surface area (TPSA) is 21.6 Å². The van der Waals surface area contributed by atoms with Gasteiger partial charge >= 0.3 is 0 Å². The van der Waals surface area contributed by atoms with Crippen molar-refractivity contribution in [3.05, 3.63) is 59.7 Å². The van der Waals surface area contributed by atoms with Crippen LogP contribution in [0.5, 0.6) is 5.75 Å². The third-order valence-electron chi connectivity index (χ3n) is 4.22. The first-order valence-corrected chi connectivity index (χ1v) is 9.67. The molecule has 0 aliphatic rings. The summed E-state index contributed by atoms with van der Waals surface area (Å²) in [6, 6.07) is 16.7. The van der Waals surface area contributed by atoms with E-state index in [2.05, 4.69) is 43.1 Å². The lowest BCUT2D eigenvalue weighted by molar-refractivity contribution is 0.317. The molecule has 0 fully saturated rings. The van der Waals surface area contributed by atoms with E-state index in [1.54, 1.807) is 0 Å². The maximum atomic E-state index is 5.60. The second-order valence-electron chi connectivity index (χ2n) is 6.51. The normalized spacial score (nSPS) is 11.1. The van der Waals surface area contributed by atoms with Gasteiger partial charge < -0.3 is 4.74 Å². The molecule has 0 saturated heterocycles. The van der Waals surface area contributed by atoms with E-state index >= 15 is 0 Å². The number of rotatable bonds is 11. The number of aliphatic imine (C=N–C) groups is 1. The van der Waals surface area contributed by atoms with Crippen LogP contribution >= 0.6 is 0 Å². The van der Waals surface area contributed by atoms with Crippen LogP contribution in [-0.2, 0) is 6.42 Å². The van der Waals surface area contributed by atoms with Crippen LogP contribution in [0.25, 0.3) is 0 Å². The highest BCUT2D eigenvalue weighted by molar-refractivity contribution is 5.82. The fourth-order valence-electron chi connectivity index (χ4n) is 2.70. The quantitative estimate of drug-likeness (QED) is 0.329. The second-order valence-corrected chi connectivity index (χ2v) is 6.51. The van der Waals surface area contributed by atoms with Gasteiger partial charge in [0.1, 0.15) is 5.75 Å². The van der Waals surface area contributed by atoms with E-state index in [0.29, 0.717) is 0 Å². The van der Waals surface area contributed by atoms with Crippen molar-refractivity contribution < 1.29 is 4.74 Å². The zero-order chi connectivity index (χ0) is 17.7. The minimum absolute atomic E-state index is 0.762. The molecule has 0 N–H and O–H groups in total. The van der Waals surface area contributed by atoms with Gasteiger partial charge in [0.25, 0.3) is 0 Å². The Bertz CT molecular complexity index is 614. The number of aryl methyl sites for hydroxylation is 1. The van der Waals surface area contributed by atoms with E-state index in [4.69, 9.17) is 4.74 Å². The molecule has 0 spiro atoms. The Labute approximate surface area is 153 Å². The van der Waals surface area contributed by atoms with E-state index in [9.17, 15) is 0 Å². The van der Waals surface area contributed by atoms with Crippen molar-refractivity contribution in [2.75, 3.05) is 6.61 Å². The minimum atomic E-state index is 0.762. The van der Waals surface area contributed by atoms with Crippen LogP contribution in [-0.4, -0.2) is 12.8 Å². The number of nitrogens with zero attached hydrogens (tertiary/aromatic N) is 1. The lowest BCUT2D eigenvalue weighted by atomic mass is 10.1. The number of ether oxygens (including phenoxy) is 1. The molecule has 2 heteroatoms. The molecule has 2 rings (SSSR count). The fourth-order valence-corrected chi connectivity index (χ4v) is 2.70. The summed E-state index contributed by atoms with van der Waals surface area (Å²) in [6.45, 7) is 5.13. The molecule has 0 aromatic heterocycles. The molecular formula is C23H31NO. The first-order chi connectivity index (χ1) is 12.3. The predicted octanol–water partition coefficient (Wildman–Crippen LogP) is 6.74. The Morgan fingerprint density at radius 1 is 0.800 bits per heavy atom. The third-order valence-corrected chi connectivity index (χ3v) is 4.22. The molecule has 25 heavy (non-hydrogen) atoms. The second kappa shape index (κ2) is 11.5. The number of hydrogen-bond acceptors (Lipinski definition) is 2. The molecule has 2 aromatic rings. The smallest absolute Gasteiger partial charge is 0.119 e. The predicted molar refractivity (Wildman–Crippen MR) is 108 cm³/mol. The van der Waals surface area contributed by atoms with Gasteiger partial charge in [-0.2, -0.15) is 0 Å². The van der Waals surface area contributed by atoms with E-state index in [0.717, 1.165) is 30.0 Å². The molecule has 0 heterocycles. The summed E-state index contributed by atoms with van der Waals surface area (Å²) >= 11 is 0. The molecule has 0 atom stereocenters. The Morgan fingerprint density at radius 3 is 2.20 bits per heavy atom. The lowest BCUT2D eigenvalue weighted by Crippen LogP contribution is -1.94. The van der Waals surface area contributed by atoms with E-state index in [-0.39, 0.29) is 0 Å². The zero-order valence-corrected chi connectivity index (χ0v) is 15.7. The van der Waals surface area contributed by atoms with Gasteiger partial charge in [0.05, 0.1) is 12.3 Å². The summed E-state index contributed by atoms with van der Waals surface area (Å²) in [7, 11) is 0. The summed E-state index contributed by atoms with van der Waals surface area (Å²) < 4.78 is 5.60. The van der Waals surface area contributed by atoms with Crippen molar-refractivity contribution in [3.63, 3.8) is 0 Å². The van der Waals surface area contributed by atoms with Crippen LogP contribution in [0.4, 0.5) is 5.69 Å². The van der Waals surface area contributed by atoms with Gasteiger partial charge in [-0.25, -0.2) is 0 Å². The highest BCUT2D eigenvalue weighted by Crippen LogP contribution is 2.16. The van der Waals surface area contributed by atoms with Crippen LogP contribution in [0.3, 0.4) is 0 Å². The molecule has 0 unspecified atom stereocenters. The molecule has 0 bridgehead atoms. The molecule has 134 valence electrons. The summed E-state index contributed by atoms with van der Waals surface area (Å²) in [6.07, 6.45) is 10.8. The fraction of sp³-hybridized carbons (Fsp3) is 0.435. The van der Waals surface area contributed by atoms with Crippen molar-refractivity contribution in [2.45, 2.75) is 58.8 Å². The van der Waals surface area contributed by atoms with Crippen LogP contribution in [0.15, 0.2) is 53.5 Å². The molecule has 0 aliphatic carbocycles. The third kappa shape index (κ3) is 7.55. The summed E-state index contributed by atoms with van der Waals surface area (Å²) in [5, 5.41) is 0. The Morgan fingerprint density at radius 2 is 1.52 bits per heavy atom. The van der Waals surface area contributed by atoms with Gasteiger partial charge in [0.15, 0.2) is 0 Å². The van der Waals surface area contributed by atoms with Crippen LogP contribution in [0, 0.1) is 0 Å². The number of benzene rings is 2. The van der Waals surface area contributed by atoms with Crippen LogP contribution in [0.1, 0.15) is 63.5 Å². The standard InChI is InChI=1S/C23H31NO/c1-3-5-6-7-8-9-20-10-14-22(15-11-20)24-19-21-12-16-23(17-13-21)25-18-4-2/h10-17,19H,3-9,18H2,1-2H3. The van der Waals surface area contributed by atoms with Crippen LogP contribution < -0.4 is 4.74 Å². The van der Waals surface area contributed by atoms with E-state index in [1.165, 1.54) is 44.1 Å². The molecule has 2 aromatic carbocycles. The van der Waals surface area contributed by atoms with Crippen molar-refractivity contribution >= 4 is 11.9 Å². The van der Waals surface area contributed by atoms with E-state index < -0.39 is 0 Å². The Balaban J connectivity index is 1.80. The number of hydrogen-bond donors (Lipinski definition) is 0. The molecule has 0 radical (unpaired) electrons. The Hall–Kier alpha value is -2.09. The summed E-state index contributed by atoms with van der Waals surface area (Å²) in [5.74, 6) is 0.919. The van der Waals surface area contributed by atoms with Crippen molar-refractivity contribution in [1.29, 1.82) is 0 Å². The maximum absolute atomic E-state index is 5.60. The summed E-state index contributed by atoms with van der Waals surface area (Å²) in [5.41, 5.74) is 3.50. The first kappa shape index (κ1) is 19.2. The van der Waals surface area contributed by atoms with E-state index in [1.807, 2.05) is 30.5 Å².